The van der Waals surface area contributed by atoms with E-state index in [4.69, 9.17) is 4.74 Å². The van der Waals surface area contributed by atoms with Crippen molar-refractivity contribution < 1.29 is 4.74 Å². The van der Waals surface area contributed by atoms with Gasteiger partial charge in [0.2, 0.25) is 5.95 Å². The van der Waals surface area contributed by atoms with Crippen molar-refractivity contribution in [1.82, 2.24) is 19.9 Å². The minimum atomic E-state index is 0.249. The summed E-state index contributed by atoms with van der Waals surface area (Å²) in [5.74, 6) is 2.53. The van der Waals surface area contributed by atoms with Crippen molar-refractivity contribution in [2.24, 2.45) is 0 Å². The normalized spacial score (nSPS) is 16.4. The highest BCUT2D eigenvalue weighted by Gasteiger charge is 2.27. The average Bonchev–Trinajstić information content (AvgIpc) is 2.84. The molecular formula is C25H26N6O. The van der Waals surface area contributed by atoms with E-state index in [1.807, 2.05) is 36.7 Å². The van der Waals surface area contributed by atoms with Crippen LogP contribution in [0.15, 0.2) is 67.3 Å². The summed E-state index contributed by atoms with van der Waals surface area (Å²) in [5.41, 5.74) is 3.30. The van der Waals surface area contributed by atoms with Crippen LogP contribution in [0.4, 0.5) is 11.8 Å². The summed E-state index contributed by atoms with van der Waals surface area (Å²) in [6.07, 6.45) is 6.36. The molecule has 4 aromatic rings. The first-order valence-corrected chi connectivity index (χ1v) is 10.9. The molecule has 32 heavy (non-hydrogen) atoms. The number of methoxy groups -OCH3 is 1. The van der Waals surface area contributed by atoms with Gasteiger partial charge in [-0.2, -0.15) is 0 Å². The SMILES string of the molecule is COc1ccc2ncnc(N3CCN(c4ncc(Cc5ccccc5)cn4)C(C)C3)c2c1. The maximum Gasteiger partial charge on any atom is 0.225 e. The lowest BCUT2D eigenvalue weighted by Crippen LogP contribution is -2.53. The number of hydrogen-bond acceptors (Lipinski definition) is 7. The van der Waals surface area contributed by atoms with Crippen molar-refractivity contribution in [3.05, 3.63) is 78.4 Å². The minimum absolute atomic E-state index is 0.249. The Bertz CT molecular complexity index is 1200. The van der Waals surface area contributed by atoms with Gasteiger partial charge in [-0.25, -0.2) is 19.9 Å². The zero-order valence-corrected chi connectivity index (χ0v) is 18.3. The first kappa shape index (κ1) is 20.2. The van der Waals surface area contributed by atoms with E-state index >= 15 is 0 Å². The molecule has 3 heterocycles. The molecule has 1 fully saturated rings. The molecule has 0 N–H and O–H groups in total. The van der Waals surface area contributed by atoms with Gasteiger partial charge in [-0.3, -0.25) is 0 Å². The third-order valence-corrected chi connectivity index (χ3v) is 5.95. The molecule has 7 heteroatoms. The van der Waals surface area contributed by atoms with E-state index in [2.05, 4.69) is 60.9 Å². The van der Waals surface area contributed by atoms with Crippen LogP contribution in [-0.2, 0) is 6.42 Å². The predicted octanol–water partition coefficient (Wildman–Crippen LogP) is 3.73. The maximum atomic E-state index is 5.41. The van der Waals surface area contributed by atoms with Crippen LogP contribution in [0, 0.1) is 0 Å². The summed E-state index contributed by atoms with van der Waals surface area (Å²) >= 11 is 0. The van der Waals surface area contributed by atoms with Gasteiger partial charge in [0.1, 0.15) is 17.9 Å². The highest BCUT2D eigenvalue weighted by Crippen LogP contribution is 2.29. The molecule has 1 atom stereocenters. The van der Waals surface area contributed by atoms with Gasteiger partial charge < -0.3 is 14.5 Å². The molecule has 0 radical (unpaired) electrons. The van der Waals surface area contributed by atoms with E-state index in [1.54, 1.807) is 13.4 Å². The van der Waals surface area contributed by atoms with Crippen molar-refractivity contribution >= 4 is 22.7 Å². The van der Waals surface area contributed by atoms with Gasteiger partial charge in [0.25, 0.3) is 0 Å². The molecule has 0 bridgehead atoms. The van der Waals surface area contributed by atoms with Crippen molar-refractivity contribution in [3.63, 3.8) is 0 Å². The molecule has 1 aliphatic heterocycles. The highest BCUT2D eigenvalue weighted by molar-refractivity contribution is 5.90. The zero-order valence-electron chi connectivity index (χ0n) is 18.3. The molecule has 2 aromatic heterocycles. The van der Waals surface area contributed by atoms with Crippen LogP contribution < -0.4 is 14.5 Å². The molecule has 0 aliphatic carbocycles. The fourth-order valence-electron chi connectivity index (χ4n) is 4.27. The van der Waals surface area contributed by atoms with E-state index in [0.717, 1.165) is 60.0 Å². The Hall–Kier alpha value is -3.74. The largest absolute Gasteiger partial charge is 0.497 e. The summed E-state index contributed by atoms with van der Waals surface area (Å²) in [6.45, 7) is 4.70. The quantitative estimate of drug-likeness (QED) is 0.482. The third kappa shape index (κ3) is 4.06. The number of nitrogens with zero attached hydrogens (tertiary/aromatic N) is 6. The third-order valence-electron chi connectivity index (χ3n) is 5.95. The topological polar surface area (TPSA) is 67.3 Å². The number of anilines is 2. The predicted molar refractivity (Wildman–Crippen MR) is 126 cm³/mol. The van der Waals surface area contributed by atoms with Crippen molar-refractivity contribution in [2.75, 3.05) is 36.5 Å². The van der Waals surface area contributed by atoms with Crippen LogP contribution in [0.5, 0.6) is 5.75 Å². The van der Waals surface area contributed by atoms with E-state index in [9.17, 15) is 0 Å². The van der Waals surface area contributed by atoms with Crippen LogP contribution in [0.3, 0.4) is 0 Å². The molecule has 2 aromatic carbocycles. The summed E-state index contributed by atoms with van der Waals surface area (Å²) in [6, 6.07) is 16.6. The Balaban J connectivity index is 1.31. The Labute approximate surface area is 187 Å². The summed E-state index contributed by atoms with van der Waals surface area (Å²) in [4.78, 5) is 22.9. The number of ether oxygens (including phenoxy) is 1. The van der Waals surface area contributed by atoms with E-state index in [0.29, 0.717) is 0 Å². The van der Waals surface area contributed by atoms with Crippen molar-refractivity contribution in [3.8, 4) is 5.75 Å². The van der Waals surface area contributed by atoms with Gasteiger partial charge in [0, 0.05) is 49.9 Å². The molecule has 0 saturated carbocycles. The molecule has 162 valence electrons. The standard InChI is InChI=1S/C25H26N6O/c1-18-16-30(24-22-13-21(32-2)8-9-23(22)28-17-29-24)10-11-31(18)25-26-14-20(15-27-25)12-19-6-4-3-5-7-19/h3-9,13-15,17-18H,10-12,16H2,1-2H3. The smallest absolute Gasteiger partial charge is 0.225 e. The lowest BCUT2D eigenvalue weighted by molar-refractivity contribution is 0.415. The first-order chi connectivity index (χ1) is 15.7. The van der Waals surface area contributed by atoms with Gasteiger partial charge in [0.05, 0.1) is 12.6 Å². The number of piperazine rings is 1. The van der Waals surface area contributed by atoms with Crippen molar-refractivity contribution in [1.29, 1.82) is 0 Å². The first-order valence-electron chi connectivity index (χ1n) is 10.9. The second-order valence-electron chi connectivity index (χ2n) is 8.12. The van der Waals surface area contributed by atoms with Gasteiger partial charge in [-0.05, 0) is 36.2 Å². The number of benzene rings is 2. The van der Waals surface area contributed by atoms with E-state index in [-0.39, 0.29) is 6.04 Å². The summed E-state index contributed by atoms with van der Waals surface area (Å²) in [5, 5.41) is 1.01. The second-order valence-corrected chi connectivity index (χ2v) is 8.12. The molecule has 7 nitrogen and oxygen atoms in total. The Morgan fingerprint density at radius 3 is 2.50 bits per heavy atom. The molecule has 5 rings (SSSR count). The molecule has 1 aliphatic rings. The van der Waals surface area contributed by atoms with Crippen LogP contribution in [0.1, 0.15) is 18.1 Å². The fraction of sp³-hybridized carbons (Fsp3) is 0.280. The number of rotatable bonds is 5. The van der Waals surface area contributed by atoms with Crippen molar-refractivity contribution in [2.45, 2.75) is 19.4 Å². The van der Waals surface area contributed by atoms with E-state index in [1.165, 1.54) is 5.56 Å². The molecule has 1 unspecified atom stereocenters. The zero-order chi connectivity index (χ0) is 21.9. The second kappa shape index (κ2) is 8.78. The Morgan fingerprint density at radius 2 is 1.75 bits per heavy atom. The molecule has 0 spiro atoms. The molecule has 0 amide bonds. The molecule has 1 saturated heterocycles. The summed E-state index contributed by atoms with van der Waals surface area (Å²) < 4.78 is 5.41. The number of fused-ring (bicyclic) bond motifs is 1. The Morgan fingerprint density at radius 1 is 0.938 bits per heavy atom. The molecular weight excluding hydrogens is 400 g/mol. The summed E-state index contributed by atoms with van der Waals surface area (Å²) in [7, 11) is 1.68. The lowest BCUT2D eigenvalue weighted by atomic mass is 10.1. The van der Waals surface area contributed by atoms with Crippen LogP contribution in [0.25, 0.3) is 10.9 Å². The van der Waals surface area contributed by atoms with E-state index < -0.39 is 0 Å². The van der Waals surface area contributed by atoms with Gasteiger partial charge >= 0.3 is 0 Å². The average molecular weight is 427 g/mol. The maximum absolute atomic E-state index is 5.41. The van der Waals surface area contributed by atoms with Crippen LogP contribution in [-0.4, -0.2) is 52.7 Å². The van der Waals surface area contributed by atoms with Crippen LogP contribution >= 0.6 is 0 Å². The van der Waals surface area contributed by atoms with Gasteiger partial charge in [-0.15, -0.1) is 0 Å². The lowest BCUT2D eigenvalue weighted by Gasteiger charge is -2.40. The number of hydrogen-bond donors (Lipinski definition) is 0. The fourth-order valence-corrected chi connectivity index (χ4v) is 4.27. The van der Waals surface area contributed by atoms with Gasteiger partial charge in [-0.1, -0.05) is 30.3 Å². The van der Waals surface area contributed by atoms with Gasteiger partial charge in [0.15, 0.2) is 0 Å². The monoisotopic (exact) mass is 426 g/mol. The minimum Gasteiger partial charge on any atom is -0.497 e. The number of aromatic nitrogens is 4. The Kier molecular flexibility index (Phi) is 5.54. The van der Waals surface area contributed by atoms with Crippen LogP contribution in [0.2, 0.25) is 0 Å². The highest BCUT2D eigenvalue weighted by atomic mass is 16.5.